The zero-order chi connectivity index (χ0) is 17.2. The molecule has 0 spiro atoms. The van der Waals surface area contributed by atoms with Gasteiger partial charge in [0, 0.05) is 27.1 Å². The van der Waals surface area contributed by atoms with Crippen molar-refractivity contribution in [2.45, 2.75) is 18.6 Å². The summed E-state index contributed by atoms with van der Waals surface area (Å²) < 4.78 is 1.09. The van der Waals surface area contributed by atoms with Gasteiger partial charge >= 0.3 is 0 Å². The Morgan fingerprint density at radius 1 is 1.16 bits per heavy atom. The van der Waals surface area contributed by atoms with Crippen molar-refractivity contribution in [2.24, 2.45) is 0 Å². The van der Waals surface area contributed by atoms with E-state index in [1.54, 1.807) is 11.3 Å². The second kappa shape index (κ2) is 7.19. The Morgan fingerprint density at radius 3 is 2.60 bits per heavy atom. The van der Waals surface area contributed by atoms with Crippen LogP contribution in [-0.2, 0) is 6.54 Å². The van der Waals surface area contributed by atoms with Crippen molar-refractivity contribution in [3.63, 3.8) is 0 Å². The molecule has 1 aliphatic rings. The highest BCUT2D eigenvalue weighted by Gasteiger charge is 2.40. The molecular weight excluding hydrogens is 416 g/mol. The lowest BCUT2D eigenvalue weighted by molar-refractivity contribution is 0.312. The first-order valence-electron chi connectivity index (χ1n) is 7.84. The quantitative estimate of drug-likeness (QED) is 0.618. The fourth-order valence-corrected chi connectivity index (χ4v) is 4.93. The third-order valence-corrected chi connectivity index (χ3v) is 6.25. The Hall–Kier alpha value is -1.83. The summed E-state index contributed by atoms with van der Waals surface area (Å²) in [6.07, 6.45) is 3.64. The number of hydrogen-bond acceptors (Lipinski definition) is 4. The highest BCUT2D eigenvalue weighted by atomic mass is 79.9. The molecule has 126 valence electrons. The van der Waals surface area contributed by atoms with Crippen molar-refractivity contribution in [1.29, 1.82) is 0 Å². The summed E-state index contributed by atoms with van der Waals surface area (Å²) >= 11 is 10.9. The number of thiophene rings is 1. The highest BCUT2D eigenvalue weighted by molar-refractivity contribution is 9.10. The van der Waals surface area contributed by atoms with Crippen LogP contribution in [0.2, 0.25) is 0 Å². The van der Waals surface area contributed by atoms with E-state index in [1.807, 2.05) is 48.8 Å². The van der Waals surface area contributed by atoms with Gasteiger partial charge in [0.1, 0.15) is 0 Å². The van der Waals surface area contributed by atoms with Crippen LogP contribution in [0.1, 0.15) is 28.3 Å². The van der Waals surface area contributed by atoms with Gasteiger partial charge in [-0.05, 0) is 58.5 Å². The molecule has 25 heavy (non-hydrogen) atoms. The Labute approximate surface area is 164 Å². The lowest BCUT2D eigenvalue weighted by Gasteiger charge is -2.26. The van der Waals surface area contributed by atoms with Crippen molar-refractivity contribution < 1.29 is 0 Å². The zero-order valence-corrected chi connectivity index (χ0v) is 16.4. The monoisotopic (exact) mass is 430 g/mol. The Bertz CT molecular complexity index is 869. The van der Waals surface area contributed by atoms with Gasteiger partial charge in [0.25, 0.3) is 0 Å². The SMILES string of the molecule is S=C1N[C@@H](c2ccccn2)[C@H](c2cc(Br)cs2)N1Cc1ccccn1. The van der Waals surface area contributed by atoms with Crippen LogP contribution in [0.25, 0.3) is 0 Å². The normalized spacial score (nSPS) is 19.9. The minimum atomic E-state index is 0.0166. The first-order valence-corrected chi connectivity index (χ1v) is 9.92. The van der Waals surface area contributed by atoms with E-state index in [-0.39, 0.29) is 12.1 Å². The molecule has 0 bridgehead atoms. The Balaban J connectivity index is 1.72. The summed E-state index contributed by atoms with van der Waals surface area (Å²) in [4.78, 5) is 12.5. The number of pyridine rings is 2. The summed E-state index contributed by atoms with van der Waals surface area (Å²) in [5.41, 5.74) is 1.98. The number of thiocarbonyl (C=S) groups is 1. The largest absolute Gasteiger partial charge is 0.352 e. The molecular formula is C18H15BrN4S2. The van der Waals surface area contributed by atoms with Gasteiger partial charge in [-0.1, -0.05) is 12.1 Å². The van der Waals surface area contributed by atoms with Gasteiger partial charge in [-0.2, -0.15) is 0 Å². The molecule has 0 saturated carbocycles. The molecule has 0 unspecified atom stereocenters. The van der Waals surface area contributed by atoms with E-state index < -0.39 is 0 Å². The predicted octanol–water partition coefficient (Wildman–Crippen LogP) is 4.47. The molecule has 1 aliphatic heterocycles. The number of rotatable bonds is 4. The predicted molar refractivity (Wildman–Crippen MR) is 107 cm³/mol. The highest BCUT2D eigenvalue weighted by Crippen LogP contribution is 2.42. The number of halogens is 1. The van der Waals surface area contributed by atoms with E-state index in [9.17, 15) is 0 Å². The molecule has 4 heterocycles. The van der Waals surface area contributed by atoms with Gasteiger partial charge in [-0.3, -0.25) is 9.97 Å². The number of nitrogens with zero attached hydrogens (tertiary/aromatic N) is 3. The maximum absolute atomic E-state index is 5.65. The second-order valence-electron chi connectivity index (χ2n) is 5.74. The fourth-order valence-electron chi connectivity index (χ4n) is 3.03. The van der Waals surface area contributed by atoms with Crippen LogP contribution < -0.4 is 5.32 Å². The van der Waals surface area contributed by atoms with Crippen molar-refractivity contribution in [2.75, 3.05) is 0 Å². The third kappa shape index (κ3) is 3.44. The molecule has 1 fully saturated rings. The molecule has 0 aliphatic carbocycles. The average molecular weight is 431 g/mol. The molecule has 1 saturated heterocycles. The molecule has 0 aromatic carbocycles. The molecule has 4 nitrogen and oxygen atoms in total. The lowest BCUT2D eigenvalue weighted by Crippen LogP contribution is -2.29. The van der Waals surface area contributed by atoms with Crippen LogP contribution in [0, 0.1) is 0 Å². The molecule has 0 radical (unpaired) electrons. The van der Waals surface area contributed by atoms with Gasteiger partial charge in [0.15, 0.2) is 5.11 Å². The zero-order valence-electron chi connectivity index (χ0n) is 13.2. The average Bonchev–Trinajstić information content (AvgIpc) is 3.20. The van der Waals surface area contributed by atoms with Gasteiger partial charge in [0.05, 0.1) is 30.0 Å². The van der Waals surface area contributed by atoms with Crippen LogP contribution in [-0.4, -0.2) is 20.0 Å². The van der Waals surface area contributed by atoms with Crippen LogP contribution in [0.15, 0.2) is 64.7 Å². The van der Waals surface area contributed by atoms with Gasteiger partial charge in [-0.25, -0.2) is 0 Å². The van der Waals surface area contributed by atoms with E-state index in [4.69, 9.17) is 12.2 Å². The first kappa shape index (κ1) is 16.6. The van der Waals surface area contributed by atoms with Gasteiger partial charge < -0.3 is 10.2 Å². The number of hydrogen-bond donors (Lipinski definition) is 1. The topological polar surface area (TPSA) is 41.1 Å². The molecule has 2 atom stereocenters. The molecule has 0 amide bonds. The van der Waals surface area contributed by atoms with E-state index in [1.165, 1.54) is 4.88 Å². The van der Waals surface area contributed by atoms with Crippen LogP contribution in [0.5, 0.6) is 0 Å². The maximum atomic E-state index is 5.65. The van der Waals surface area contributed by atoms with E-state index in [2.05, 4.69) is 47.6 Å². The summed E-state index contributed by atoms with van der Waals surface area (Å²) in [5.74, 6) is 0. The lowest BCUT2D eigenvalue weighted by atomic mass is 10.0. The van der Waals surface area contributed by atoms with Crippen LogP contribution >= 0.6 is 39.5 Å². The van der Waals surface area contributed by atoms with E-state index >= 15 is 0 Å². The molecule has 1 N–H and O–H groups in total. The Morgan fingerprint density at radius 2 is 1.96 bits per heavy atom. The number of nitrogens with one attached hydrogen (secondary N) is 1. The van der Waals surface area contributed by atoms with E-state index in [0.717, 1.165) is 21.0 Å². The molecule has 3 aromatic heterocycles. The maximum Gasteiger partial charge on any atom is 0.170 e. The minimum Gasteiger partial charge on any atom is -0.352 e. The van der Waals surface area contributed by atoms with Crippen molar-refractivity contribution in [3.8, 4) is 0 Å². The van der Waals surface area contributed by atoms with E-state index in [0.29, 0.717) is 6.54 Å². The Kier molecular flexibility index (Phi) is 4.78. The van der Waals surface area contributed by atoms with Gasteiger partial charge in [0.2, 0.25) is 0 Å². The summed E-state index contributed by atoms with van der Waals surface area (Å²) in [5, 5.41) is 6.29. The minimum absolute atomic E-state index is 0.0166. The summed E-state index contributed by atoms with van der Waals surface area (Å²) in [6.45, 7) is 0.663. The molecule has 7 heteroatoms. The third-order valence-electron chi connectivity index (χ3n) is 4.14. The molecule has 3 aromatic rings. The number of aromatic nitrogens is 2. The summed E-state index contributed by atoms with van der Waals surface area (Å²) in [7, 11) is 0. The van der Waals surface area contributed by atoms with Gasteiger partial charge in [-0.15, -0.1) is 11.3 Å². The van der Waals surface area contributed by atoms with Crippen molar-refractivity contribution in [1.82, 2.24) is 20.2 Å². The van der Waals surface area contributed by atoms with Crippen molar-refractivity contribution in [3.05, 3.63) is 81.0 Å². The molecule has 4 rings (SSSR count). The fraction of sp³-hybridized carbons (Fsp3) is 0.167. The van der Waals surface area contributed by atoms with Crippen molar-refractivity contribution >= 4 is 44.6 Å². The smallest absolute Gasteiger partial charge is 0.170 e. The standard InChI is InChI=1S/C18H15BrN4S2/c19-12-9-15(25-11-12)17-16(14-6-2-4-8-21-14)22-18(24)23(17)10-13-5-1-3-7-20-13/h1-9,11,16-17H,10H2,(H,22,24)/t16-,17-/m0/s1. The van der Waals surface area contributed by atoms with Crippen LogP contribution in [0.3, 0.4) is 0 Å². The summed E-state index contributed by atoms with van der Waals surface area (Å²) in [6, 6.07) is 14.2. The first-order chi connectivity index (χ1) is 12.2. The van der Waals surface area contributed by atoms with Crippen LogP contribution in [0.4, 0.5) is 0 Å². The second-order valence-corrected chi connectivity index (χ2v) is 7.99.